The lowest BCUT2D eigenvalue weighted by atomic mass is 10.1. The molecule has 1 aliphatic rings. The molecule has 0 bridgehead atoms. The van der Waals surface area contributed by atoms with Crippen molar-refractivity contribution in [3.05, 3.63) is 30.4 Å². The Labute approximate surface area is 92.8 Å². The van der Waals surface area contributed by atoms with Crippen molar-refractivity contribution >= 4 is 0 Å². The van der Waals surface area contributed by atoms with E-state index in [-0.39, 0.29) is 0 Å². The summed E-state index contributed by atoms with van der Waals surface area (Å²) in [6.07, 6.45) is 5.55. The molecule has 3 rings (SSSR count). The zero-order valence-corrected chi connectivity index (χ0v) is 8.74. The summed E-state index contributed by atoms with van der Waals surface area (Å²) in [6.45, 7) is 0. The van der Waals surface area contributed by atoms with Crippen molar-refractivity contribution in [2.24, 2.45) is 0 Å². The van der Waals surface area contributed by atoms with Crippen molar-refractivity contribution in [2.45, 2.75) is 25.5 Å². The van der Waals surface area contributed by atoms with E-state index in [1.54, 1.807) is 17.0 Å². The molecule has 1 unspecified atom stereocenters. The molecule has 16 heavy (non-hydrogen) atoms. The zero-order valence-electron chi connectivity index (χ0n) is 8.74. The Bertz CT molecular complexity index is 494. The highest BCUT2D eigenvalue weighted by molar-refractivity contribution is 5.53. The van der Waals surface area contributed by atoms with E-state index < -0.39 is 6.23 Å². The Morgan fingerprint density at radius 1 is 1.38 bits per heavy atom. The molecular weight excluding hydrogens is 204 g/mol. The summed E-state index contributed by atoms with van der Waals surface area (Å²) in [5.41, 5.74) is 0.891. The third-order valence-electron chi connectivity index (χ3n) is 2.85. The van der Waals surface area contributed by atoms with Crippen LogP contribution < -0.4 is 0 Å². The minimum atomic E-state index is -0.506. The number of aliphatic hydroxyl groups excluding tert-OH is 1. The molecule has 0 spiro atoms. The summed E-state index contributed by atoms with van der Waals surface area (Å²) in [5, 5.41) is 18.2. The van der Waals surface area contributed by atoms with Crippen LogP contribution >= 0.6 is 0 Å². The maximum Gasteiger partial charge on any atom is 0.167 e. The Morgan fingerprint density at radius 3 is 3.12 bits per heavy atom. The predicted octanol–water partition coefficient (Wildman–Crippen LogP) is 1.17. The van der Waals surface area contributed by atoms with Crippen LogP contribution in [0.2, 0.25) is 0 Å². The standard InChI is InChI=1S/C11H12N4O/c16-10-5-1-4-9-13-14-11(15(9)10)8-3-2-6-12-7-8/h2-3,6-7,10,16H,1,4-5H2. The minimum absolute atomic E-state index is 0.506. The van der Waals surface area contributed by atoms with Crippen molar-refractivity contribution < 1.29 is 5.11 Å². The van der Waals surface area contributed by atoms with E-state index in [1.807, 2.05) is 12.1 Å². The summed E-state index contributed by atoms with van der Waals surface area (Å²) >= 11 is 0. The molecule has 0 fully saturated rings. The highest BCUT2D eigenvalue weighted by atomic mass is 16.3. The van der Waals surface area contributed by atoms with Gasteiger partial charge in [-0.3, -0.25) is 9.55 Å². The van der Waals surface area contributed by atoms with Crippen LogP contribution in [0.4, 0.5) is 0 Å². The van der Waals surface area contributed by atoms with Crippen molar-refractivity contribution in [2.75, 3.05) is 0 Å². The monoisotopic (exact) mass is 216 g/mol. The first-order valence-electron chi connectivity index (χ1n) is 5.38. The van der Waals surface area contributed by atoms with E-state index in [0.29, 0.717) is 5.82 Å². The number of aryl methyl sites for hydroxylation is 1. The molecule has 1 atom stereocenters. The zero-order chi connectivity index (χ0) is 11.0. The maximum absolute atomic E-state index is 9.95. The fourth-order valence-corrected chi connectivity index (χ4v) is 2.07. The second kappa shape index (κ2) is 3.68. The molecule has 82 valence electrons. The highest BCUT2D eigenvalue weighted by Crippen LogP contribution is 2.27. The number of rotatable bonds is 1. The molecule has 0 saturated carbocycles. The van der Waals surface area contributed by atoms with E-state index in [0.717, 1.165) is 30.7 Å². The average Bonchev–Trinajstić information content (AvgIpc) is 2.75. The molecule has 0 radical (unpaired) electrons. The summed E-state index contributed by atoms with van der Waals surface area (Å²) in [5.74, 6) is 1.56. The lowest BCUT2D eigenvalue weighted by Crippen LogP contribution is -2.18. The second-order valence-corrected chi connectivity index (χ2v) is 3.92. The molecular formula is C11H12N4O. The van der Waals surface area contributed by atoms with Crippen molar-refractivity contribution in [1.82, 2.24) is 19.7 Å². The van der Waals surface area contributed by atoms with Gasteiger partial charge in [0.05, 0.1) is 0 Å². The van der Waals surface area contributed by atoms with Gasteiger partial charge in [0.1, 0.15) is 12.1 Å². The molecule has 0 saturated heterocycles. The molecule has 1 N–H and O–H groups in total. The summed E-state index contributed by atoms with van der Waals surface area (Å²) in [4.78, 5) is 4.05. The van der Waals surface area contributed by atoms with Gasteiger partial charge in [-0.15, -0.1) is 10.2 Å². The van der Waals surface area contributed by atoms with Crippen LogP contribution in [0.3, 0.4) is 0 Å². The van der Waals surface area contributed by atoms with Crippen LogP contribution in [-0.2, 0) is 6.42 Å². The quantitative estimate of drug-likeness (QED) is 0.777. The molecule has 5 heteroatoms. The maximum atomic E-state index is 9.95. The topological polar surface area (TPSA) is 63.8 Å². The number of hydrogen-bond acceptors (Lipinski definition) is 4. The lowest BCUT2D eigenvalue weighted by Gasteiger charge is -2.21. The fraction of sp³-hybridized carbons (Fsp3) is 0.364. The fourth-order valence-electron chi connectivity index (χ4n) is 2.07. The smallest absolute Gasteiger partial charge is 0.167 e. The summed E-state index contributed by atoms with van der Waals surface area (Å²) < 4.78 is 1.81. The van der Waals surface area contributed by atoms with Gasteiger partial charge in [-0.2, -0.15) is 0 Å². The van der Waals surface area contributed by atoms with Gasteiger partial charge in [-0.05, 0) is 25.0 Å². The number of fused-ring (bicyclic) bond motifs is 1. The molecule has 3 heterocycles. The van der Waals surface area contributed by atoms with E-state index in [9.17, 15) is 5.11 Å². The largest absolute Gasteiger partial charge is 0.373 e. The highest BCUT2D eigenvalue weighted by Gasteiger charge is 2.23. The summed E-state index contributed by atoms with van der Waals surface area (Å²) in [7, 11) is 0. The van der Waals surface area contributed by atoms with E-state index in [1.165, 1.54) is 0 Å². The van der Waals surface area contributed by atoms with Crippen LogP contribution in [0.15, 0.2) is 24.5 Å². The van der Waals surface area contributed by atoms with Gasteiger partial charge in [0.2, 0.25) is 0 Å². The van der Waals surface area contributed by atoms with Crippen LogP contribution in [0.25, 0.3) is 11.4 Å². The Kier molecular flexibility index (Phi) is 2.18. The number of pyridine rings is 1. The minimum Gasteiger partial charge on any atom is -0.373 e. The number of aromatic nitrogens is 4. The Balaban J connectivity index is 2.13. The predicted molar refractivity (Wildman–Crippen MR) is 57.4 cm³/mol. The first-order valence-corrected chi connectivity index (χ1v) is 5.38. The summed E-state index contributed by atoms with van der Waals surface area (Å²) in [6, 6.07) is 3.78. The third kappa shape index (κ3) is 1.40. The Morgan fingerprint density at radius 2 is 2.31 bits per heavy atom. The molecule has 0 amide bonds. The first kappa shape index (κ1) is 9.47. The number of hydrogen-bond donors (Lipinski definition) is 1. The molecule has 0 aliphatic carbocycles. The normalized spacial score (nSPS) is 19.4. The van der Waals surface area contributed by atoms with Crippen LogP contribution in [0, 0.1) is 0 Å². The molecule has 2 aromatic heterocycles. The Hall–Kier alpha value is -1.75. The second-order valence-electron chi connectivity index (χ2n) is 3.92. The third-order valence-corrected chi connectivity index (χ3v) is 2.85. The lowest BCUT2D eigenvalue weighted by molar-refractivity contribution is 0.0796. The van der Waals surface area contributed by atoms with Crippen molar-refractivity contribution in [1.29, 1.82) is 0 Å². The van der Waals surface area contributed by atoms with Gasteiger partial charge in [0, 0.05) is 24.4 Å². The number of nitrogens with zero attached hydrogens (tertiary/aromatic N) is 4. The number of aliphatic hydroxyl groups is 1. The van der Waals surface area contributed by atoms with Crippen LogP contribution in [-0.4, -0.2) is 24.9 Å². The molecule has 2 aromatic rings. The van der Waals surface area contributed by atoms with E-state index in [2.05, 4.69) is 15.2 Å². The van der Waals surface area contributed by atoms with Gasteiger partial charge in [-0.1, -0.05) is 0 Å². The van der Waals surface area contributed by atoms with E-state index in [4.69, 9.17) is 0 Å². The molecule has 0 aromatic carbocycles. The van der Waals surface area contributed by atoms with Gasteiger partial charge < -0.3 is 5.11 Å². The van der Waals surface area contributed by atoms with Gasteiger partial charge in [-0.25, -0.2) is 0 Å². The molecule has 5 nitrogen and oxygen atoms in total. The van der Waals surface area contributed by atoms with Gasteiger partial charge >= 0.3 is 0 Å². The SMILES string of the molecule is OC1CCCc2nnc(-c3cccnc3)n21. The average molecular weight is 216 g/mol. The first-order chi connectivity index (χ1) is 7.86. The van der Waals surface area contributed by atoms with Crippen molar-refractivity contribution in [3.8, 4) is 11.4 Å². The van der Waals surface area contributed by atoms with E-state index >= 15 is 0 Å². The molecule has 1 aliphatic heterocycles. The van der Waals surface area contributed by atoms with Gasteiger partial charge in [0.15, 0.2) is 5.82 Å². The van der Waals surface area contributed by atoms with Gasteiger partial charge in [0.25, 0.3) is 0 Å². The van der Waals surface area contributed by atoms with Crippen molar-refractivity contribution in [3.63, 3.8) is 0 Å². The van der Waals surface area contributed by atoms with Crippen LogP contribution in [0.5, 0.6) is 0 Å². The van der Waals surface area contributed by atoms with Crippen LogP contribution in [0.1, 0.15) is 24.9 Å².